The highest BCUT2D eigenvalue weighted by atomic mass is 32.2. The predicted octanol–water partition coefficient (Wildman–Crippen LogP) is 3.16. The van der Waals surface area contributed by atoms with Crippen molar-refractivity contribution in [3.8, 4) is 0 Å². The predicted molar refractivity (Wildman–Crippen MR) is 91.2 cm³/mol. The summed E-state index contributed by atoms with van der Waals surface area (Å²) in [4.78, 5) is 16.1. The van der Waals surface area contributed by atoms with E-state index in [0.29, 0.717) is 11.2 Å². The summed E-state index contributed by atoms with van der Waals surface area (Å²) in [6, 6.07) is 2.00. The topological polar surface area (TPSA) is 73.6 Å². The second-order valence-corrected chi connectivity index (χ2v) is 7.56. The maximum atomic E-state index is 12.0. The highest BCUT2D eigenvalue weighted by molar-refractivity contribution is 8.06. The summed E-state index contributed by atoms with van der Waals surface area (Å²) in [5.41, 5.74) is 2.16. The van der Waals surface area contributed by atoms with Crippen molar-refractivity contribution in [3.05, 3.63) is 45.2 Å². The first-order valence-corrected chi connectivity index (χ1v) is 8.35. The molecule has 0 amide bonds. The molecule has 0 fully saturated rings. The molecule has 0 radical (unpaired) electrons. The van der Waals surface area contributed by atoms with Crippen LogP contribution < -0.4 is 10.9 Å². The number of nitrogens with one attached hydrogen (secondary N) is 3. The average Bonchev–Trinajstić information content (AvgIpc) is 2.92. The minimum atomic E-state index is -0.119. The Hall–Kier alpha value is -1.95. The Morgan fingerprint density at radius 3 is 3.23 bits per heavy atom. The summed E-state index contributed by atoms with van der Waals surface area (Å²) >= 11 is 1.96. The molecule has 5 nitrogen and oxygen atoms in total. The van der Waals surface area contributed by atoms with Gasteiger partial charge in [-0.25, -0.2) is 0 Å². The summed E-state index contributed by atoms with van der Waals surface area (Å²) in [5, 5.41) is 11.2. The van der Waals surface area contributed by atoms with Crippen LogP contribution in [0.4, 0.5) is 5.82 Å². The molecule has 0 aromatic carbocycles. The molecule has 22 heavy (non-hydrogen) atoms. The molecule has 2 atom stereocenters. The second-order valence-electron chi connectivity index (χ2n) is 6.01. The third-order valence-corrected chi connectivity index (χ3v) is 6.25. The van der Waals surface area contributed by atoms with Gasteiger partial charge >= 0.3 is 0 Å². The van der Waals surface area contributed by atoms with Crippen molar-refractivity contribution in [2.45, 2.75) is 37.5 Å². The van der Waals surface area contributed by atoms with E-state index in [1.807, 2.05) is 17.8 Å². The molecular formula is C16H18N4OS. The number of H-pyrrole nitrogens is 2. The van der Waals surface area contributed by atoms with Gasteiger partial charge in [-0.1, -0.05) is 19.1 Å². The molecule has 0 saturated heterocycles. The van der Waals surface area contributed by atoms with E-state index in [1.54, 1.807) is 6.20 Å². The third kappa shape index (κ3) is 1.94. The first kappa shape index (κ1) is 13.7. The largest absolute Gasteiger partial charge is 0.361 e. The van der Waals surface area contributed by atoms with Gasteiger partial charge in [-0.2, -0.15) is 5.10 Å². The zero-order valence-corrected chi connectivity index (χ0v) is 13.4. The quantitative estimate of drug-likeness (QED) is 0.813. The van der Waals surface area contributed by atoms with Gasteiger partial charge in [0.2, 0.25) is 0 Å². The lowest BCUT2D eigenvalue weighted by atomic mass is 9.87. The van der Waals surface area contributed by atoms with Crippen LogP contribution in [-0.4, -0.2) is 26.0 Å². The fourth-order valence-corrected chi connectivity index (χ4v) is 4.54. The molecule has 3 heterocycles. The van der Waals surface area contributed by atoms with E-state index in [9.17, 15) is 4.79 Å². The van der Waals surface area contributed by atoms with Crippen molar-refractivity contribution in [3.63, 3.8) is 0 Å². The number of aromatic nitrogens is 3. The van der Waals surface area contributed by atoms with Crippen molar-refractivity contribution in [2.75, 3.05) is 5.32 Å². The molecule has 2 unspecified atom stereocenters. The van der Waals surface area contributed by atoms with E-state index in [1.165, 1.54) is 10.5 Å². The van der Waals surface area contributed by atoms with Crippen molar-refractivity contribution < 1.29 is 0 Å². The molecule has 2 aliphatic rings. The monoisotopic (exact) mass is 314 g/mol. The van der Waals surface area contributed by atoms with Gasteiger partial charge in [-0.3, -0.25) is 9.89 Å². The minimum Gasteiger partial charge on any atom is -0.361 e. The molecule has 1 aliphatic heterocycles. The molecule has 0 bridgehead atoms. The number of pyridine rings is 1. The van der Waals surface area contributed by atoms with Gasteiger partial charge in [0, 0.05) is 15.8 Å². The van der Waals surface area contributed by atoms with Gasteiger partial charge < -0.3 is 10.3 Å². The number of aromatic amines is 2. The van der Waals surface area contributed by atoms with Gasteiger partial charge in [0.15, 0.2) is 5.82 Å². The highest BCUT2D eigenvalue weighted by Gasteiger charge is 2.41. The van der Waals surface area contributed by atoms with Crippen LogP contribution >= 0.6 is 11.8 Å². The fraction of sp³-hybridized carbons (Fsp3) is 0.375. The summed E-state index contributed by atoms with van der Waals surface area (Å²) in [6.45, 7) is 4.54. The van der Waals surface area contributed by atoms with Crippen LogP contribution in [0.2, 0.25) is 0 Å². The van der Waals surface area contributed by atoms with Gasteiger partial charge in [0.05, 0.1) is 11.6 Å². The Kier molecular flexibility index (Phi) is 2.97. The smallest absolute Gasteiger partial charge is 0.261 e. The fourth-order valence-electron chi connectivity index (χ4n) is 3.17. The lowest BCUT2D eigenvalue weighted by Gasteiger charge is -2.44. The molecule has 4 rings (SSSR count). The lowest BCUT2D eigenvalue weighted by Crippen LogP contribution is -2.36. The molecular weight excluding hydrogens is 296 g/mol. The van der Waals surface area contributed by atoms with Crippen molar-refractivity contribution in [1.29, 1.82) is 0 Å². The van der Waals surface area contributed by atoms with Crippen LogP contribution in [0.3, 0.4) is 0 Å². The Morgan fingerprint density at radius 1 is 1.55 bits per heavy atom. The number of rotatable bonds is 3. The van der Waals surface area contributed by atoms with Crippen LogP contribution in [0.5, 0.6) is 0 Å². The van der Waals surface area contributed by atoms with Crippen molar-refractivity contribution in [2.24, 2.45) is 0 Å². The number of hydrogen-bond donors (Lipinski definition) is 3. The minimum absolute atomic E-state index is 0.119. The molecule has 2 aromatic rings. The van der Waals surface area contributed by atoms with E-state index in [-0.39, 0.29) is 16.3 Å². The van der Waals surface area contributed by atoms with Crippen molar-refractivity contribution >= 4 is 28.5 Å². The second kappa shape index (κ2) is 4.78. The maximum absolute atomic E-state index is 12.0. The Morgan fingerprint density at radius 2 is 2.41 bits per heavy atom. The maximum Gasteiger partial charge on any atom is 0.261 e. The highest BCUT2D eigenvalue weighted by Crippen LogP contribution is 2.56. The third-order valence-electron chi connectivity index (χ3n) is 4.66. The van der Waals surface area contributed by atoms with Crippen LogP contribution in [0.15, 0.2) is 39.7 Å². The molecule has 2 aromatic heterocycles. The van der Waals surface area contributed by atoms with E-state index in [0.717, 1.165) is 18.4 Å². The number of nitrogens with zero attached hydrogens (tertiary/aromatic N) is 1. The average molecular weight is 314 g/mol. The van der Waals surface area contributed by atoms with Crippen LogP contribution in [-0.2, 0) is 0 Å². The standard InChI is InChI=1S/C16H18N4OS/c1-3-16(2)10-8-9(4-5-12(10)22-16)18-14-13-11(19-20-14)6-7-17-15(13)21/h4-7,9H,3,8H2,1-2H3,(H,17,21)(H2,18,19,20). The summed E-state index contributed by atoms with van der Waals surface area (Å²) in [5.74, 6) is 0.626. The van der Waals surface area contributed by atoms with Crippen LogP contribution in [0.25, 0.3) is 10.9 Å². The molecule has 114 valence electrons. The summed E-state index contributed by atoms with van der Waals surface area (Å²) < 4.78 is 0.269. The molecule has 0 saturated carbocycles. The first-order valence-electron chi connectivity index (χ1n) is 7.54. The van der Waals surface area contributed by atoms with Crippen LogP contribution in [0.1, 0.15) is 26.7 Å². The van der Waals surface area contributed by atoms with Gasteiger partial charge in [0.25, 0.3) is 5.56 Å². The van der Waals surface area contributed by atoms with Gasteiger partial charge in [-0.05, 0) is 31.4 Å². The number of hydrogen-bond acceptors (Lipinski definition) is 4. The zero-order chi connectivity index (χ0) is 15.3. The van der Waals surface area contributed by atoms with E-state index < -0.39 is 0 Å². The summed E-state index contributed by atoms with van der Waals surface area (Å²) in [6.07, 6.45) is 8.10. The van der Waals surface area contributed by atoms with Crippen LogP contribution in [0, 0.1) is 0 Å². The van der Waals surface area contributed by atoms with Crippen molar-refractivity contribution in [1.82, 2.24) is 15.2 Å². The van der Waals surface area contributed by atoms with E-state index in [4.69, 9.17) is 0 Å². The number of allylic oxidation sites excluding steroid dienone is 1. The van der Waals surface area contributed by atoms with E-state index in [2.05, 4.69) is 46.5 Å². The Labute approximate surface area is 132 Å². The SMILES string of the molecule is CCC1(C)SC2=C1CC(Nc1n[nH]c3cc[nH]c(=O)c13)C=C2. The number of fused-ring (bicyclic) bond motifs is 1. The lowest BCUT2D eigenvalue weighted by molar-refractivity contribution is 0.636. The molecule has 1 aliphatic carbocycles. The van der Waals surface area contributed by atoms with Gasteiger partial charge in [-0.15, -0.1) is 11.8 Å². The normalized spacial score (nSPS) is 26.9. The first-order chi connectivity index (χ1) is 10.6. The Balaban J connectivity index is 1.60. The number of anilines is 1. The zero-order valence-electron chi connectivity index (χ0n) is 12.6. The Bertz CT molecular complexity index is 862. The molecule has 3 N–H and O–H groups in total. The van der Waals surface area contributed by atoms with Gasteiger partial charge in [0.1, 0.15) is 5.39 Å². The number of thioether (sulfide) groups is 1. The molecule has 0 spiro atoms. The summed E-state index contributed by atoms with van der Waals surface area (Å²) in [7, 11) is 0. The van der Waals surface area contributed by atoms with E-state index >= 15 is 0 Å². The molecule has 6 heteroatoms.